The van der Waals surface area contributed by atoms with E-state index in [4.69, 9.17) is 9.15 Å². The highest BCUT2D eigenvalue weighted by molar-refractivity contribution is 14.0. The van der Waals surface area contributed by atoms with Crippen LogP contribution in [0.3, 0.4) is 0 Å². The van der Waals surface area contributed by atoms with E-state index in [0.29, 0.717) is 19.1 Å². The number of nitrogens with one attached hydrogen (secondary N) is 2. The number of guanidine groups is 1. The number of rotatable bonds is 7. The predicted molar refractivity (Wildman–Crippen MR) is 120 cm³/mol. The van der Waals surface area contributed by atoms with Gasteiger partial charge in [-0.3, -0.25) is 0 Å². The second kappa shape index (κ2) is 10.4. The maximum absolute atomic E-state index is 5.82. The first-order valence-electron chi connectivity index (χ1n) is 9.07. The number of aliphatic imine (C=N–C) groups is 1. The van der Waals surface area contributed by atoms with Crippen molar-refractivity contribution < 1.29 is 9.15 Å². The number of ether oxygens (including phenoxy) is 1. The lowest BCUT2D eigenvalue weighted by molar-refractivity contribution is 0.312. The molecular weight excluding hydrogens is 453 g/mol. The van der Waals surface area contributed by atoms with Gasteiger partial charge in [-0.2, -0.15) is 0 Å². The fourth-order valence-electron chi connectivity index (χ4n) is 3.04. The highest BCUT2D eigenvalue weighted by Crippen LogP contribution is 2.35. The largest absolute Gasteiger partial charge is 0.493 e. The molecule has 146 valence electrons. The third-order valence-electron chi connectivity index (χ3n) is 4.46. The summed E-state index contributed by atoms with van der Waals surface area (Å²) in [6.45, 7) is 10.1. The molecule has 0 fully saturated rings. The minimum absolute atomic E-state index is 0. The van der Waals surface area contributed by atoms with Gasteiger partial charge in [0.25, 0.3) is 0 Å². The van der Waals surface area contributed by atoms with Crippen LogP contribution in [0.2, 0.25) is 0 Å². The maximum atomic E-state index is 5.82. The van der Waals surface area contributed by atoms with Gasteiger partial charge in [-0.15, -0.1) is 24.0 Å². The van der Waals surface area contributed by atoms with Gasteiger partial charge in [0, 0.05) is 30.5 Å². The van der Waals surface area contributed by atoms with Crippen molar-refractivity contribution in [2.45, 2.75) is 32.2 Å². The average Bonchev–Trinajstić information content (AvgIpc) is 3.28. The van der Waals surface area contributed by atoms with E-state index in [2.05, 4.69) is 41.3 Å². The van der Waals surface area contributed by atoms with Gasteiger partial charge < -0.3 is 19.8 Å². The Kier molecular flexibility index (Phi) is 8.22. The first kappa shape index (κ1) is 21.3. The van der Waals surface area contributed by atoms with E-state index >= 15 is 0 Å². The van der Waals surface area contributed by atoms with Crippen molar-refractivity contribution in [1.29, 1.82) is 0 Å². The van der Waals surface area contributed by atoms with Crippen LogP contribution < -0.4 is 15.4 Å². The second-order valence-electron chi connectivity index (χ2n) is 6.77. The molecule has 0 aliphatic carbocycles. The van der Waals surface area contributed by atoms with Gasteiger partial charge in [0.15, 0.2) is 5.96 Å². The molecular formula is C21H28IN3O2. The summed E-state index contributed by atoms with van der Waals surface area (Å²) in [5.74, 6) is 3.03. The average molecular weight is 481 g/mol. The molecule has 1 aromatic heterocycles. The maximum Gasteiger partial charge on any atom is 0.191 e. The Morgan fingerprint density at radius 2 is 2.11 bits per heavy atom. The van der Waals surface area contributed by atoms with Gasteiger partial charge in [0.1, 0.15) is 11.5 Å². The number of fused-ring (bicyclic) bond motifs is 1. The number of halogens is 1. The van der Waals surface area contributed by atoms with Crippen LogP contribution in [-0.2, 0) is 6.42 Å². The Hall–Kier alpha value is -1.96. The minimum atomic E-state index is 0. The van der Waals surface area contributed by atoms with Crippen molar-refractivity contribution in [3.8, 4) is 5.75 Å². The molecule has 0 saturated carbocycles. The molecule has 6 heteroatoms. The Labute approximate surface area is 178 Å². The highest BCUT2D eigenvalue weighted by Gasteiger charge is 2.29. The number of furan rings is 1. The zero-order valence-electron chi connectivity index (χ0n) is 15.9. The van der Waals surface area contributed by atoms with Crippen molar-refractivity contribution in [1.82, 2.24) is 10.6 Å². The molecule has 2 aromatic rings. The molecule has 5 nitrogen and oxygen atoms in total. The van der Waals surface area contributed by atoms with Gasteiger partial charge in [0.05, 0.1) is 19.4 Å². The summed E-state index contributed by atoms with van der Waals surface area (Å²) in [5, 5.41) is 6.91. The van der Waals surface area contributed by atoms with E-state index in [1.807, 2.05) is 31.2 Å². The fourth-order valence-corrected chi connectivity index (χ4v) is 3.04. The fraction of sp³-hybridized carbons (Fsp3) is 0.381. The SMILES string of the molecule is C=C(C)CN=C(NCCc1ccco1)NC(C)C1COc2ccccc21.I. The summed E-state index contributed by atoms with van der Waals surface area (Å²) in [6, 6.07) is 12.3. The summed E-state index contributed by atoms with van der Waals surface area (Å²) >= 11 is 0. The molecule has 27 heavy (non-hydrogen) atoms. The van der Waals surface area contributed by atoms with Gasteiger partial charge in [-0.25, -0.2) is 4.99 Å². The van der Waals surface area contributed by atoms with Crippen LogP contribution in [0, 0.1) is 0 Å². The number of nitrogens with zero attached hydrogens (tertiary/aromatic N) is 1. The molecule has 0 bridgehead atoms. The number of hydrogen-bond acceptors (Lipinski definition) is 3. The van der Waals surface area contributed by atoms with E-state index in [9.17, 15) is 0 Å². The lowest BCUT2D eigenvalue weighted by atomic mass is 9.94. The molecule has 2 N–H and O–H groups in total. The van der Waals surface area contributed by atoms with Gasteiger partial charge in [-0.1, -0.05) is 30.4 Å². The van der Waals surface area contributed by atoms with E-state index in [-0.39, 0.29) is 30.0 Å². The van der Waals surface area contributed by atoms with E-state index in [0.717, 1.165) is 36.0 Å². The summed E-state index contributed by atoms with van der Waals surface area (Å²) < 4.78 is 11.2. The molecule has 2 atom stereocenters. The predicted octanol–water partition coefficient (Wildman–Crippen LogP) is 4.12. The van der Waals surface area contributed by atoms with Crippen LogP contribution in [0.25, 0.3) is 0 Å². The molecule has 0 spiro atoms. The summed E-state index contributed by atoms with van der Waals surface area (Å²) in [6.07, 6.45) is 2.51. The van der Waals surface area contributed by atoms with Crippen LogP contribution in [0.15, 0.2) is 64.2 Å². The van der Waals surface area contributed by atoms with E-state index < -0.39 is 0 Å². The molecule has 1 aliphatic rings. The topological polar surface area (TPSA) is 58.8 Å². The Balaban J connectivity index is 0.00000261. The highest BCUT2D eigenvalue weighted by atomic mass is 127. The van der Waals surface area contributed by atoms with Crippen LogP contribution >= 0.6 is 24.0 Å². The second-order valence-corrected chi connectivity index (χ2v) is 6.77. The normalized spacial score (nSPS) is 16.7. The number of benzene rings is 1. The molecule has 0 radical (unpaired) electrons. The molecule has 1 aromatic carbocycles. The zero-order valence-corrected chi connectivity index (χ0v) is 18.2. The van der Waals surface area contributed by atoms with Crippen LogP contribution in [-0.4, -0.2) is 31.7 Å². The summed E-state index contributed by atoms with van der Waals surface area (Å²) in [7, 11) is 0. The molecule has 1 aliphatic heterocycles. The third-order valence-corrected chi connectivity index (χ3v) is 4.46. The van der Waals surface area contributed by atoms with Crippen molar-refractivity contribution in [3.05, 3.63) is 66.1 Å². The van der Waals surface area contributed by atoms with E-state index in [1.54, 1.807) is 6.26 Å². The first-order valence-corrected chi connectivity index (χ1v) is 9.07. The molecule has 0 saturated heterocycles. The standard InChI is InChI=1S/C21H27N3O2.HI/c1-15(2)13-23-21(22-11-10-17-7-6-12-25-17)24-16(3)19-14-26-20-9-5-4-8-18(19)20;/h4-9,12,16,19H,1,10-11,13-14H2,2-3H3,(H2,22,23,24);1H. The molecule has 2 heterocycles. The van der Waals surface area contributed by atoms with Gasteiger partial charge >= 0.3 is 0 Å². The quantitative estimate of drug-likeness (QED) is 0.271. The smallest absolute Gasteiger partial charge is 0.191 e. The van der Waals surface area contributed by atoms with Gasteiger partial charge in [-0.05, 0) is 32.0 Å². The van der Waals surface area contributed by atoms with Crippen molar-refractivity contribution in [3.63, 3.8) is 0 Å². The van der Waals surface area contributed by atoms with Gasteiger partial charge in [0.2, 0.25) is 0 Å². The lowest BCUT2D eigenvalue weighted by Gasteiger charge is -2.23. The van der Waals surface area contributed by atoms with Crippen LogP contribution in [0.1, 0.15) is 31.1 Å². The zero-order chi connectivity index (χ0) is 18.4. The lowest BCUT2D eigenvalue weighted by Crippen LogP contribution is -2.45. The third kappa shape index (κ3) is 6.02. The Morgan fingerprint density at radius 3 is 2.85 bits per heavy atom. The molecule has 2 unspecified atom stereocenters. The molecule has 3 rings (SSSR count). The van der Waals surface area contributed by atoms with Crippen molar-refractivity contribution in [2.24, 2.45) is 4.99 Å². The Morgan fingerprint density at radius 1 is 1.30 bits per heavy atom. The van der Waals surface area contributed by atoms with Crippen molar-refractivity contribution >= 4 is 29.9 Å². The van der Waals surface area contributed by atoms with E-state index in [1.165, 1.54) is 5.56 Å². The van der Waals surface area contributed by atoms with Crippen LogP contribution in [0.5, 0.6) is 5.75 Å². The minimum Gasteiger partial charge on any atom is -0.493 e. The first-order chi connectivity index (χ1) is 12.6. The summed E-state index contributed by atoms with van der Waals surface area (Å²) in [5.41, 5.74) is 2.28. The number of hydrogen-bond donors (Lipinski definition) is 2. The number of para-hydroxylation sites is 1. The van der Waals surface area contributed by atoms with Crippen LogP contribution in [0.4, 0.5) is 0 Å². The van der Waals surface area contributed by atoms with Crippen molar-refractivity contribution in [2.75, 3.05) is 19.7 Å². The Bertz CT molecular complexity index is 759. The monoisotopic (exact) mass is 481 g/mol. The summed E-state index contributed by atoms with van der Waals surface area (Å²) in [4.78, 5) is 4.63. The molecule has 0 amide bonds.